The first-order valence-corrected chi connectivity index (χ1v) is 5.74. The fourth-order valence-corrected chi connectivity index (χ4v) is 1.88. The van der Waals surface area contributed by atoms with Crippen molar-refractivity contribution in [2.75, 3.05) is 6.54 Å². The predicted octanol–water partition coefficient (Wildman–Crippen LogP) is 2.57. The molecule has 0 spiro atoms. The van der Waals surface area contributed by atoms with Crippen molar-refractivity contribution in [1.29, 1.82) is 0 Å². The molecule has 0 aromatic heterocycles. The van der Waals surface area contributed by atoms with Crippen molar-refractivity contribution >= 4 is 27.9 Å². The van der Waals surface area contributed by atoms with Gasteiger partial charge in [0.25, 0.3) is 0 Å². The summed E-state index contributed by atoms with van der Waals surface area (Å²) in [6, 6.07) is 7.03. The Morgan fingerprint density at radius 2 is 2.12 bits per heavy atom. The fourth-order valence-electron chi connectivity index (χ4n) is 1.52. The molecule has 2 rings (SSSR count). The highest BCUT2D eigenvalue weighted by molar-refractivity contribution is 9.10. The Balaban J connectivity index is 2.08. The number of carbonyl (C=O) groups excluding carboxylic acids is 2. The van der Waals surface area contributed by atoms with Gasteiger partial charge in [0, 0.05) is 13.0 Å². The van der Waals surface area contributed by atoms with Crippen molar-refractivity contribution in [1.82, 2.24) is 4.90 Å². The van der Waals surface area contributed by atoms with Gasteiger partial charge in [0.1, 0.15) is 5.75 Å². The zero-order valence-corrected chi connectivity index (χ0v) is 10.1. The number of halogens is 1. The number of likely N-dealkylation sites (tertiary alicyclic amines) is 1. The maximum absolute atomic E-state index is 11.6. The standard InChI is InChI=1S/C11H10BrNO3/c12-8-4-1-2-5-9(8)16-11(15)13-7-3-6-10(13)14/h1-2,4-5H,3,6-7H2. The molecule has 0 N–H and O–H groups in total. The topological polar surface area (TPSA) is 46.6 Å². The first kappa shape index (κ1) is 11.1. The molecule has 1 fully saturated rings. The lowest BCUT2D eigenvalue weighted by molar-refractivity contribution is -0.125. The second kappa shape index (κ2) is 4.65. The van der Waals surface area contributed by atoms with Crippen molar-refractivity contribution in [3.05, 3.63) is 28.7 Å². The average Bonchev–Trinajstić information content (AvgIpc) is 2.68. The molecule has 1 aliphatic rings. The van der Waals surface area contributed by atoms with Gasteiger partial charge in [0.15, 0.2) is 0 Å². The monoisotopic (exact) mass is 283 g/mol. The molecule has 16 heavy (non-hydrogen) atoms. The van der Waals surface area contributed by atoms with E-state index in [-0.39, 0.29) is 5.91 Å². The van der Waals surface area contributed by atoms with E-state index in [1.807, 2.05) is 6.07 Å². The lowest BCUT2D eigenvalue weighted by atomic mass is 10.3. The van der Waals surface area contributed by atoms with Gasteiger partial charge >= 0.3 is 6.09 Å². The van der Waals surface area contributed by atoms with Crippen molar-refractivity contribution in [3.63, 3.8) is 0 Å². The highest BCUT2D eigenvalue weighted by Gasteiger charge is 2.28. The zero-order valence-electron chi connectivity index (χ0n) is 8.48. The van der Waals surface area contributed by atoms with Gasteiger partial charge < -0.3 is 4.74 Å². The third-order valence-corrected chi connectivity index (χ3v) is 2.98. The van der Waals surface area contributed by atoms with Crippen molar-refractivity contribution in [2.24, 2.45) is 0 Å². The van der Waals surface area contributed by atoms with Crippen LogP contribution in [0.1, 0.15) is 12.8 Å². The largest absolute Gasteiger partial charge is 0.422 e. The smallest absolute Gasteiger partial charge is 0.409 e. The molecule has 0 saturated carbocycles. The average molecular weight is 284 g/mol. The number of hydrogen-bond donors (Lipinski definition) is 0. The molecule has 4 nitrogen and oxygen atoms in total. The van der Waals surface area contributed by atoms with E-state index in [9.17, 15) is 9.59 Å². The minimum atomic E-state index is -0.602. The normalized spacial score (nSPS) is 15.3. The van der Waals surface area contributed by atoms with E-state index in [0.29, 0.717) is 29.6 Å². The first-order valence-electron chi connectivity index (χ1n) is 4.95. The second-order valence-electron chi connectivity index (χ2n) is 3.45. The summed E-state index contributed by atoms with van der Waals surface area (Å²) >= 11 is 3.27. The predicted molar refractivity (Wildman–Crippen MR) is 61.1 cm³/mol. The van der Waals surface area contributed by atoms with Crippen LogP contribution in [0.15, 0.2) is 28.7 Å². The van der Waals surface area contributed by atoms with Crippen LogP contribution in [0.5, 0.6) is 5.75 Å². The lowest BCUT2D eigenvalue weighted by Gasteiger charge is -2.13. The quantitative estimate of drug-likeness (QED) is 0.796. The van der Waals surface area contributed by atoms with Crippen LogP contribution < -0.4 is 4.74 Å². The summed E-state index contributed by atoms with van der Waals surface area (Å²) in [6.45, 7) is 0.447. The van der Waals surface area contributed by atoms with Gasteiger partial charge in [-0.2, -0.15) is 0 Å². The number of rotatable bonds is 1. The van der Waals surface area contributed by atoms with Gasteiger partial charge in [-0.15, -0.1) is 0 Å². The number of nitrogens with zero attached hydrogens (tertiary/aromatic N) is 1. The summed E-state index contributed by atoms with van der Waals surface area (Å²) in [5.74, 6) is 0.254. The Morgan fingerprint density at radius 3 is 2.75 bits per heavy atom. The van der Waals surface area contributed by atoms with Gasteiger partial charge in [-0.05, 0) is 34.5 Å². The summed E-state index contributed by atoms with van der Waals surface area (Å²) < 4.78 is 5.81. The van der Waals surface area contributed by atoms with E-state index in [0.717, 1.165) is 4.90 Å². The minimum Gasteiger partial charge on any atom is -0.409 e. The van der Waals surface area contributed by atoms with E-state index < -0.39 is 6.09 Å². The van der Waals surface area contributed by atoms with E-state index >= 15 is 0 Å². The van der Waals surface area contributed by atoms with Crippen molar-refractivity contribution in [2.45, 2.75) is 12.8 Å². The maximum atomic E-state index is 11.6. The van der Waals surface area contributed by atoms with Crippen LogP contribution in [0, 0.1) is 0 Å². The Hall–Kier alpha value is -1.36. The number of hydrogen-bond acceptors (Lipinski definition) is 3. The Morgan fingerprint density at radius 1 is 1.38 bits per heavy atom. The Kier molecular flexibility index (Phi) is 3.24. The van der Waals surface area contributed by atoms with Gasteiger partial charge in [-0.25, -0.2) is 9.69 Å². The fraction of sp³-hybridized carbons (Fsp3) is 0.273. The molecule has 1 aliphatic heterocycles. The maximum Gasteiger partial charge on any atom is 0.422 e. The SMILES string of the molecule is O=C1CCCN1C(=O)Oc1ccccc1Br. The van der Waals surface area contributed by atoms with Crippen LogP contribution in [0.4, 0.5) is 4.79 Å². The van der Waals surface area contributed by atoms with E-state index in [1.54, 1.807) is 18.2 Å². The minimum absolute atomic E-state index is 0.169. The summed E-state index contributed by atoms with van der Waals surface area (Å²) in [4.78, 5) is 24.1. The Bertz CT molecular complexity index is 433. The molecule has 0 atom stereocenters. The van der Waals surface area contributed by atoms with Crippen LogP contribution in [0.2, 0.25) is 0 Å². The van der Waals surface area contributed by atoms with Gasteiger partial charge in [0.05, 0.1) is 4.47 Å². The summed E-state index contributed by atoms with van der Waals surface area (Å²) in [6.07, 6.45) is 0.531. The number of ether oxygens (including phenoxy) is 1. The number of carbonyl (C=O) groups is 2. The van der Waals surface area contributed by atoms with Gasteiger partial charge in [0.2, 0.25) is 5.91 Å². The third-order valence-electron chi connectivity index (χ3n) is 2.33. The molecule has 0 unspecified atom stereocenters. The van der Waals surface area contributed by atoms with E-state index in [1.165, 1.54) is 0 Å². The summed E-state index contributed by atoms with van der Waals surface area (Å²) in [5, 5.41) is 0. The number of amides is 2. The molecule has 5 heteroatoms. The number of para-hydroxylation sites is 1. The Labute approximate surface area is 101 Å². The molecule has 0 radical (unpaired) electrons. The van der Waals surface area contributed by atoms with Crippen LogP contribution in [-0.4, -0.2) is 23.4 Å². The molecule has 1 aromatic rings. The highest BCUT2D eigenvalue weighted by atomic mass is 79.9. The molecule has 0 aliphatic carbocycles. The van der Waals surface area contributed by atoms with E-state index in [2.05, 4.69) is 15.9 Å². The molecular weight excluding hydrogens is 274 g/mol. The van der Waals surface area contributed by atoms with Crippen LogP contribution in [0.25, 0.3) is 0 Å². The van der Waals surface area contributed by atoms with Crippen molar-refractivity contribution < 1.29 is 14.3 Å². The molecule has 84 valence electrons. The molecule has 1 heterocycles. The van der Waals surface area contributed by atoms with Crippen LogP contribution in [-0.2, 0) is 4.79 Å². The van der Waals surface area contributed by atoms with Gasteiger partial charge in [-0.1, -0.05) is 12.1 Å². The van der Waals surface area contributed by atoms with Gasteiger partial charge in [-0.3, -0.25) is 4.79 Å². The van der Waals surface area contributed by atoms with E-state index in [4.69, 9.17) is 4.74 Å². The number of imide groups is 1. The number of benzene rings is 1. The molecule has 0 bridgehead atoms. The molecular formula is C11H10BrNO3. The summed E-state index contributed by atoms with van der Waals surface area (Å²) in [7, 11) is 0. The van der Waals surface area contributed by atoms with Crippen molar-refractivity contribution in [3.8, 4) is 5.75 Å². The first-order chi connectivity index (χ1) is 7.68. The molecule has 1 aromatic carbocycles. The molecule has 1 saturated heterocycles. The van der Waals surface area contributed by atoms with Crippen LogP contribution >= 0.6 is 15.9 Å². The summed E-state index contributed by atoms with van der Waals surface area (Å²) in [5.41, 5.74) is 0. The molecule has 2 amide bonds. The second-order valence-corrected chi connectivity index (χ2v) is 4.30. The zero-order chi connectivity index (χ0) is 11.5. The van der Waals surface area contributed by atoms with Crippen LogP contribution in [0.3, 0.4) is 0 Å². The lowest BCUT2D eigenvalue weighted by Crippen LogP contribution is -2.34. The third kappa shape index (κ3) is 2.24. The highest BCUT2D eigenvalue weighted by Crippen LogP contribution is 2.25.